The average Bonchev–Trinajstić information content (AvgIpc) is 2.75. The van der Waals surface area contributed by atoms with Crippen molar-refractivity contribution in [3.05, 3.63) is 24.6 Å². The number of amides is 2. The maximum atomic E-state index is 11.7. The summed E-state index contributed by atoms with van der Waals surface area (Å²) in [5.74, 6) is -2.18. The maximum absolute atomic E-state index is 11.7. The van der Waals surface area contributed by atoms with Gasteiger partial charge in [0.15, 0.2) is 0 Å². The van der Waals surface area contributed by atoms with Crippen LogP contribution in [0.4, 0.5) is 0 Å². The minimum Gasteiger partial charge on any atom is -0.748 e. The van der Waals surface area contributed by atoms with E-state index in [1.54, 1.807) is 0 Å². The van der Waals surface area contributed by atoms with Gasteiger partial charge in [0.05, 0.1) is 25.5 Å². The maximum Gasteiger partial charge on any atom is 1.00 e. The monoisotopic (exact) mass is 646 g/mol. The van der Waals surface area contributed by atoms with E-state index in [4.69, 9.17) is 0 Å². The van der Waals surface area contributed by atoms with E-state index in [1.807, 2.05) is 6.92 Å². The first kappa shape index (κ1) is 52.8. The summed E-state index contributed by atoms with van der Waals surface area (Å²) in [7, 11) is -13.5. The van der Waals surface area contributed by atoms with E-state index in [0.717, 1.165) is 32.2 Å². The number of carbonyl (C=O) groups excluding carboxylic acids is 2. The second-order valence-electron chi connectivity index (χ2n) is 7.45. The molecule has 0 aliphatic heterocycles. The molecular formula is C20H37N2Na3O11S3. The van der Waals surface area contributed by atoms with Crippen LogP contribution in [-0.4, -0.2) is 74.8 Å². The van der Waals surface area contributed by atoms with Gasteiger partial charge in [0, 0.05) is 30.2 Å². The summed E-state index contributed by atoms with van der Waals surface area (Å²) in [6.45, 7) is 12.7. The van der Waals surface area contributed by atoms with E-state index in [2.05, 4.69) is 30.7 Å². The van der Waals surface area contributed by atoms with Gasteiger partial charge in [0.1, 0.15) is 10.1 Å². The summed E-state index contributed by atoms with van der Waals surface area (Å²) in [5.41, 5.74) is 0. The van der Waals surface area contributed by atoms with Crippen molar-refractivity contribution < 1.29 is 137 Å². The van der Waals surface area contributed by atoms with Gasteiger partial charge in [-0.2, -0.15) is 0 Å². The van der Waals surface area contributed by atoms with Gasteiger partial charge in [-0.3, -0.25) is 9.59 Å². The molecule has 0 saturated heterocycles. The van der Waals surface area contributed by atoms with Crippen LogP contribution in [0.25, 0.3) is 0 Å². The van der Waals surface area contributed by atoms with Gasteiger partial charge in [-0.15, -0.1) is 0 Å². The Kier molecular flexibility index (Phi) is 39.6. The van der Waals surface area contributed by atoms with Gasteiger partial charge in [0.25, 0.3) is 0 Å². The van der Waals surface area contributed by atoms with Gasteiger partial charge in [-0.05, 0) is 31.8 Å². The third-order valence-corrected chi connectivity index (χ3v) is 6.60. The van der Waals surface area contributed by atoms with Crippen LogP contribution in [0.2, 0.25) is 0 Å². The predicted octanol–water partition coefficient (Wildman–Crippen LogP) is -8.45. The van der Waals surface area contributed by atoms with E-state index in [9.17, 15) is 48.5 Å². The molecule has 0 fully saturated rings. The molecule has 0 aliphatic rings. The Morgan fingerprint density at radius 3 is 1.56 bits per heavy atom. The zero-order chi connectivity index (χ0) is 29.0. The SMILES string of the molecule is C=CC(=O)NCCCC.C=CS(=O)(=O)[O-].CCCCNC(=O)C(C)CC(CCS(=O)(=O)[O-])S(=O)(=O)[O-].[Na+].[Na+].[Na+]. The molecule has 0 radical (unpaired) electrons. The van der Waals surface area contributed by atoms with E-state index < -0.39 is 59.6 Å². The molecule has 19 heteroatoms. The van der Waals surface area contributed by atoms with E-state index >= 15 is 0 Å². The largest absolute Gasteiger partial charge is 1.00 e. The number of rotatable bonds is 15. The Bertz CT molecular complexity index is 980. The zero-order valence-corrected chi connectivity index (χ0v) is 32.3. The van der Waals surface area contributed by atoms with Crippen LogP contribution in [0.1, 0.15) is 59.3 Å². The molecule has 2 amide bonds. The molecule has 39 heavy (non-hydrogen) atoms. The predicted molar refractivity (Wildman–Crippen MR) is 132 cm³/mol. The minimum atomic E-state index is -4.77. The van der Waals surface area contributed by atoms with Crippen LogP contribution < -0.4 is 99.3 Å². The van der Waals surface area contributed by atoms with Crippen molar-refractivity contribution in [2.75, 3.05) is 18.8 Å². The van der Waals surface area contributed by atoms with Crippen LogP contribution in [0.5, 0.6) is 0 Å². The van der Waals surface area contributed by atoms with E-state index in [-0.39, 0.29) is 101 Å². The first-order valence-electron chi connectivity index (χ1n) is 11.0. The van der Waals surface area contributed by atoms with Gasteiger partial charge in [0.2, 0.25) is 11.8 Å². The van der Waals surface area contributed by atoms with Crippen molar-refractivity contribution in [1.82, 2.24) is 10.6 Å². The summed E-state index contributed by atoms with van der Waals surface area (Å²) in [4.78, 5) is 22.2. The molecule has 2 N–H and O–H groups in total. The Morgan fingerprint density at radius 2 is 1.26 bits per heavy atom. The molecule has 0 heterocycles. The van der Waals surface area contributed by atoms with Gasteiger partial charge in [-0.1, -0.05) is 46.8 Å². The Labute approximate surface area is 300 Å². The molecule has 0 aliphatic carbocycles. The topological polar surface area (TPSA) is 230 Å². The van der Waals surface area contributed by atoms with E-state index in [0.29, 0.717) is 12.0 Å². The van der Waals surface area contributed by atoms with Gasteiger partial charge >= 0.3 is 88.7 Å². The summed E-state index contributed by atoms with van der Waals surface area (Å²) in [6, 6.07) is 0. The molecule has 0 aromatic rings. The fourth-order valence-electron chi connectivity index (χ4n) is 2.18. The van der Waals surface area contributed by atoms with Crippen molar-refractivity contribution in [1.29, 1.82) is 0 Å². The van der Waals surface area contributed by atoms with Gasteiger partial charge < -0.3 is 24.3 Å². The fourth-order valence-corrected chi connectivity index (χ4v) is 3.83. The van der Waals surface area contributed by atoms with Gasteiger partial charge in [-0.25, -0.2) is 25.3 Å². The first-order chi connectivity index (χ1) is 16.3. The number of unbranched alkanes of at least 4 members (excludes halogenated alkanes) is 2. The third kappa shape index (κ3) is 41.3. The molecule has 214 valence electrons. The molecule has 0 saturated carbocycles. The fraction of sp³-hybridized carbons (Fsp3) is 0.700. The van der Waals surface area contributed by atoms with E-state index in [1.165, 1.54) is 13.0 Å². The summed E-state index contributed by atoms with van der Waals surface area (Å²) in [6.07, 6.45) is 4.19. The smallest absolute Gasteiger partial charge is 0.748 e. The molecule has 0 spiro atoms. The first-order valence-corrected chi connectivity index (χ1v) is 15.5. The summed E-state index contributed by atoms with van der Waals surface area (Å²) in [5, 5.41) is 4.07. The van der Waals surface area contributed by atoms with Crippen LogP contribution in [0, 0.1) is 5.92 Å². The third-order valence-electron chi connectivity index (χ3n) is 4.21. The Morgan fingerprint density at radius 1 is 0.846 bits per heavy atom. The zero-order valence-electron chi connectivity index (χ0n) is 23.8. The minimum absolute atomic E-state index is 0. The normalized spacial score (nSPS) is 11.9. The van der Waals surface area contributed by atoms with Crippen molar-refractivity contribution >= 4 is 42.2 Å². The summed E-state index contributed by atoms with van der Waals surface area (Å²) >= 11 is 0. The second-order valence-corrected chi connectivity index (χ2v) is 11.9. The number of nitrogens with one attached hydrogen (secondary N) is 2. The standard InChI is InChI=1S/C11H23NO7S2.C7H13NO.C2H4O3S.3Na/c1-3-4-6-12-11(13)9(2)8-10(21(17,18)19)5-7-20(14,15)16;1-3-5-6-8-7(9)4-2;1-2-6(3,4)5;;;/h9-10H,3-8H2,1-2H3,(H,12,13)(H,14,15,16)(H,17,18,19);4H,2-3,5-6H2,1H3,(H,8,9);2H,1H2,(H,3,4,5);;;/q;;;3*+1/p-3. The van der Waals surface area contributed by atoms with Crippen molar-refractivity contribution in [3.8, 4) is 0 Å². The molecule has 0 aromatic heterocycles. The molecule has 2 unspecified atom stereocenters. The molecule has 2 atom stereocenters. The van der Waals surface area contributed by atoms with Crippen LogP contribution in [-0.2, 0) is 39.9 Å². The molecule has 0 aromatic carbocycles. The van der Waals surface area contributed by atoms with Crippen molar-refractivity contribution in [2.45, 2.75) is 64.5 Å². The van der Waals surface area contributed by atoms with Crippen LogP contribution >= 0.6 is 0 Å². The number of carbonyl (C=O) groups is 2. The Balaban J connectivity index is -0.000000126. The molecule has 13 nitrogen and oxygen atoms in total. The molecule has 0 rings (SSSR count). The van der Waals surface area contributed by atoms with Crippen molar-refractivity contribution in [2.24, 2.45) is 5.92 Å². The number of hydrogen-bond donors (Lipinski definition) is 2. The molecule has 0 bridgehead atoms. The quantitative estimate of drug-likeness (QED) is 0.0734. The van der Waals surface area contributed by atoms with Crippen LogP contribution in [0.15, 0.2) is 24.6 Å². The average molecular weight is 647 g/mol. The van der Waals surface area contributed by atoms with Crippen molar-refractivity contribution in [3.63, 3.8) is 0 Å². The second kappa shape index (κ2) is 29.2. The number of hydrogen-bond acceptors (Lipinski definition) is 11. The molecular weight excluding hydrogens is 609 g/mol. The van der Waals surface area contributed by atoms with Crippen LogP contribution in [0.3, 0.4) is 0 Å². The Hall–Kier alpha value is 1.15. The summed E-state index contributed by atoms with van der Waals surface area (Å²) < 4.78 is 92.8.